The highest BCUT2D eigenvalue weighted by Gasteiger charge is 2.07. The Morgan fingerprint density at radius 2 is 2.20 bits per heavy atom. The summed E-state index contributed by atoms with van der Waals surface area (Å²) in [6.07, 6.45) is 3.04. The van der Waals surface area contributed by atoms with Crippen molar-refractivity contribution in [3.63, 3.8) is 0 Å². The second kappa shape index (κ2) is 4.30. The number of halogens is 2. The Morgan fingerprint density at radius 3 is 2.87 bits per heavy atom. The van der Waals surface area contributed by atoms with Gasteiger partial charge in [0.05, 0.1) is 23.3 Å². The third-order valence-electron chi connectivity index (χ3n) is 1.73. The van der Waals surface area contributed by atoms with Crippen LogP contribution in [-0.2, 0) is 6.54 Å². The molecule has 78 valence electrons. The van der Waals surface area contributed by atoms with E-state index in [1.54, 1.807) is 11.7 Å². The first kappa shape index (κ1) is 10.6. The minimum absolute atomic E-state index is 0.00354. The fourth-order valence-electron chi connectivity index (χ4n) is 1.03. The van der Waals surface area contributed by atoms with Crippen molar-refractivity contribution in [2.75, 3.05) is 0 Å². The van der Waals surface area contributed by atoms with Crippen LogP contribution in [0.5, 0.6) is 0 Å². The summed E-state index contributed by atoms with van der Waals surface area (Å²) in [4.78, 5) is 16.4. The molecule has 4 nitrogen and oxygen atoms in total. The molecule has 15 heavy (non-hydrogen) atoms. The van der Waals surface area contributed by atoms with Crippen LogP contribution in [0.15, 0.2) is 22.7 Å². The van der Waals surface area contributed by atoms with Crippen LogP contribution in [0.25, 0.3) is 0 Å². The molecule has 0 saturated heterocycles. The fourth-order valence-corrected chi connectivity index (χ4v) is 1.87. The molecule has 2 rings (SSSR count). The van der Waals surface area contributed by atoms with Crippen molar-refractivity contribution in [3.05, 3.63) is 43.2 Å². The number of nitrogens with zero attached hydrogens (tertiary/aromatic N) is 3. The lowest BCUT2D eigenvalue weighted by molar-refractivity contribution is 0.645. The molecule has 0 unspecified atom stereocenters. The SMILES string of the molecule is O=c1c(Cl)c(Cl)cnn1Cc1cncs1. The molecule has 0 aromatic carbocycles. The van der Waals surface area contributed by atoms with E-state index < -0.39 is 5.56 Å². The topological polar surface area (TPSA) is 47.8 Å². The van der Waals surface area contributed by atoms with E-state index >= 15 is 0 Å². The Labute approximate surface area is 99.1 Å². The molecule has 0 aliphatic heterocycles. The zero-order valence-electron chi connectivity index (χ0n) is 7.35. The number of thiazole rings is 1. The number of rotatable bonds is 2. The lowest BCUT2D eigenvalue weighted by atomic mass is 10.5. The average Bonchev–Trinajstić information content (AvgIpc) is 2.72. The Kier molecular flexibility index (Phi) is 3.04. The molecule has 0 atom stereocenters. The second-order valence-electron chi connectivity index (χ2n) is 2.74. The summed E-state index contributed by atoms with van der Waals surface area (Å²) in [7, 11) is 0. The van der Waals surface area contributed by atoms with Crippen molar-refractivity contribution in [1.82, 2.24) is 14.8 Å². The average molecular weight is 262 g/mol. The summed E-state index contributed by atoms with van der Waals surface area (Å²) in [5, 5.41) is 4.05. The standard InChI is InChI=1S/C8H5Cl2N3OS/c9-6-2-12-13(8(14)7(6)10)3-5-1-11-4-15-5/h1-2,4H,3H2. The third-order valence-corrected chi connectivity index (χ3v) is 3.24. The van der Waals surface area contributed by atoms with E-state index in [0.29, 0.717) is 6.54 Å². The zero-order valence-corrected chi connectivity index (χ0v) is 9.68. The normalized spacial score (nSPS) is 10.5. The van der Waals surface area contributed by atoms with Gasteiger partial charge >= 0.3 is 0 Å². The summed E-state index contributed by atoms with van der Waals surface area (Å²) < 4.78 is 1.25. The predicted octanol–water partition coefficient (Wildman–Crippen LogP) is 2.05. The van der Waals surface area contributed by atoms with Crippen molar-refractivity contribution in [1.29, 1.82) is 0 Å². The maximum Gasteiger partial charge on any atom is 0.287 e. The Bertz CT molecular complexity index is 523. The van der Waals surface area contributed by atoms with E-state index in [1.807, 2.05) is 0 Å². The Balaban J connectivity index is 2.38. The fraction of sp³-hybridized carbons (Fsp3) is 0.125. The minimum Gasteiger partial charge on any atom is -0.266 e. The highest BCUT2D eigenvalue weighted by atomic mass is 35.5. The number of aromatic nitrogens is 3. The van der Waals surface area contributed by atoms with Crippen LogP contribution in [-0.4, -0.2) is 14.8 Å². The van der Waals surface area contributed by atoms with Crippen LogP contribution in [0.1, 0.15) is 4.88 Å². The number of hydrogen-bond donors (Lipinski definition) is 0. The van der Waals surface area contributed by atoms with Crippen LogP contribution < -0.4 is 5.56 Å². The summed E-state index contributed by atoms with van der Waals surface area (Å²) in [6, 6.07) is 0. The van der Waals surface area contributed by atoms with E-state index in [9.17, 15) is 4.79 Å². The molecular formula is C8H5Cl2N3OS. The summed E-state index contributed by atoms with van der Waals surface area (Å²) in [6.45, 7) is 0.361. The molecule has 2 aromatic heterocycles. The lowest BCUT2D eigenvalue weighted by Crippen LogP contribution is -2.23. The largest absolute Gasteiger partial charge is 0.287 e. The van der Waals surface area contributed by atoms with Crippen LogP contribution in [0, 0.1) is 0 Å². The lowest BCUT2D eigenvalue weighted by Gasteiger charge is -2.02. The maximum atomic E-state index is 11.6. The molecule has 0 amide bonds. The van der Waals surface area contributed by atoms with Crippen molar-refractivity contribution < 1.29 is 0 Å². The van der Waals surface area contributed by atoms with Gasteiger partial charge in [0.1, 0.15) is 5.02 Å². The first-order valence-corrected chi connectivity index (χ1v) is 5.60. The molecule has 0 radical (unpaired) electrons. The zero-order chi connectivity index (χ0) is 10.8. The monoisotopic (exact) mass is 261 g/mol. The molecule has 0 spiro atoms. The Hall–Kier alpha value is -0.910. The van der Waals surface area contributed by atoms with E-state index in [0.717, 1.165) is 4.88 Å². The maximum absolute atomic E-state index is 11.6. The van der Waals surface area contributed by atoms with Gasteiger partial charge in [-0.05, 0) is 0 Å². The first-order valence-electron chi connectivity index (χ1n) is 3.97. The van der Waals surface area contributed by atoms with Crippen molar-refractivity contribution in [3.8, 4) is 0 Å². The summed E-state index contributed by atoms with van der Waals surface area (Å²) in [5.41, 5.74) is 1.30. The molecule has 2 aromatic rings. The predicted molar refractivity (Wildman–Crippen MR) is 59.7 cm³/mol. The van der Waals surface area contributed by atoms with Crippen molar-refractivity contribution in [2.24, 2.45) is 0 Å². The van der Waals surface area contributed by atoms with Gasteiger partial charge in [-0.15, -0.1) is 11.3 Å². The summed E-state index contributed by atoms with van der Waals surface area (Å²) >= 11 is 12.8. The van der Waals surface area contributed by atoms with Gasteiger partial charge in [-0.1, -0.05) is 23.2 Å². The van der Waals surface area contributed by atoms with Crippen LogP contribution >= 0.6 is 34.5 Å². The van der Waals surface area contributed by atoms with Gasteiger partial charge in [-0.3, -0.25) is 9.78 Å². The van der Waals surface area contributed by atoms with Gasteiger partial charge in [-0.2, -0.15) is 5.10 Å². The molecule has 7 heteroatoms. The van der Waals surface area contributed by atoms with Gasteiger partial charge in [0.15, 0.2) is 0 Å². The molecule has 0 N–H and O–H groups in total. The molecule has 0 aliphatic carbocycles. The third kappa shape index (κ3) is 2.19. The van der Waals surface area contributed by atoms with E-state index in [2.05, 4.69) is 10.1 Å². The van der Waals surface area contributed by atoms with Crippen LogP contribution in [0.3, 0.4) is 0 Å². The summed E-state index contributed by atoms with van der Waals surface area (Å²) in [5.74, 6) is 0. The number of hydrogen-bond acceptors (Lipinski definition) is 4. The van der Waals surface area contributed by atoms with Gasteiger partial charge in [-0.25, -0.2) is 4.68 Å². The van der Waals surface area contributed by atoms with E-state index in [-0.39, 0.29) is 10.0 Å². The quantitative estimate of drug-likeness (QED) is 0.832. The van der Waals surface area contributed by atoms with Gasteiger partial charge in [0, 0.05) is 11.1 Å². The van der Waals surface area contributed by atoms with E-state index in [4.69, 9.17) is 23.2 Å². The van der Waals surface area contributed by atoms with Gasteiger partial charge < -0.3 is 0 Å². The highest BCUT2D eigenvalue weighted by molar-refractivity contribution is 7.09. The van der Waals surface area contributed by atoms with Crippen molar-refractivity contribution >= 4 is 34.5 Å². The van der Waals surface area contributed by atoms with Crippen molar-refractivity contribution in [2.45, 2.75) is 6.54 Å². The smallest absolute Gasteiger partial charge is 0.266 e. The van der Waals surface area contributed by atoms with Gasteiger partial charge in [0.25, 0.3) is 5.56 Å². The second-order valence-corrected chi connectivity index (χ2v) is 4.49. The van der Waals surface area contributed by atoms with Crippen LogP contribution in [0.4, 0.5) is 0 Å². The highest BCUT2D eigenvalue weighted by Crippen LogP contribution is 2.15. The Morgan fingerprint density at radius 1 is 1.40 bits per heavy atom. The first-order chi connectivity index (χ1) is 7.18. The van der Waals surface area contributed by atoms with Crippen LogP contribution in [0.2, 0.25) is 10.0 Å². The van der Waals surface area contributed by atoms with Gasteiger partial charge in [0.2, 0.25) is 0 Å². The molecule has 0 bridgehead atoms. The molecule has 0 saturated carbocycles. The minimum atomic E-state index is -0.391. The molecule has 0 aliphatic rings. The molecule has 2 heterocycles. The molecular weight excluding hydrogens is 257 g/mol. The molecule has 0 fully saturated rings. The van der Waals surface area contributed by atoms with E-state index in [1.165, 1.54) is 22.2 Å².